The molecule has 1 atom stereocenters. The first kappa shape index (κ1) is 18.4. The maximum atomic E-state index is 12.9. The molecule has 6 nitrogen and oxygen atoms in total. The van der Waals surface area contributed by atoms with Crippen molar-refractivity contribution in [3.63, 3.8) is 0 Å². The van der Waals surface area contributed by atoms with E-state index in [2.05, 4.69) is 10.6 Å². The van der Waals surface area contributed by atoms with Gasteiger partial charge in [0.25, 0.3) is 0 Å². The molecule has 0 aliphatic carbocycles. The lowest BCUT2D eigenvalue weighted by molar-refractivity contribution is -0.148. The van der Waals surface area contributed by atoms with E-state index >= 15 is 0 Å². The van der Waals surface area contributed by atoms with Crippen molar-refractivity contribution < 1.29 is 19.1 Å². The molecule has 1 fully saturated rings. The number of rotatable bonds is 7. The van der Waals surface area contributed by atoms with Crippen LogP contribution in [0.2, 0.25) is 0 Å². The Bertz CT molecular complexity index is 536. The van der Waals surface area contributed by atoms with E-state index < -0.39 is 17.4 Å². The van der Waals surface area contributed by atoms with Crippen LogP contribution >= 0.6 is 0 Å². The number of nitrogens with one attached hydrogen (secondary N) is 2. The Labute approximate surface area is 142 Å². The molecule has 1 aromatic rings. The lowest BCUT2D eigenvalue weighted by Crippen LogP contribution is -2.54. The molecule has 1 saturated heterocycles. The Balaban J connectivity index is 2.12. The second kappa shape index (κ2) is 8.80. The smallest absolute Gasteiger partial charge is 0.328 e. The minimum absolute atomic E-state index is 0.141. The van der Waals surface area contributed by atoms with Crippen molar-refractivity contribution in [2.45, 2.75) is 25.3 Å². The summed E-state index contributed by atoms with van der Waals surface area (Å²) in [5, 5.41) is 6.14. The van der Waals surface area contributed by atoms with Gasteiger partial charge in [-0.05, 0) is 31.5 Å². The first-order valence-corrected chi connectivity index (χ1v) is 8.24. The van der Waals surface area contributed by atoms with Gasteiger partial charge < -0.3 is 20.1 Å². The lowest BCUT2D eigenvalue weighted by Gasteiger charge is -2.36. The minimum Gasteiger partial charge on any atom is -0.467 e. The van der Waals surface area contributed by atoms with Crippen LogP contribution in [0.15, 0.2) is 30.3 Å². The zero-order valence-corrected chi connectivity index (χ0v) is 14.3. The maximum absolute atomic E-state index is 12.9. The number of hydrogen-bond acceptors (Lipinski definition) is 5. The fourth-order valence-electron chi connectivity index (χ4n) is 3.12. The molecule has 24 heavy (non-hydrogen) atoms. The first-order valence-electron chi connectivity index (χ1n) is 8.24. The summed E-state index contributed by atoms with van der Waals surface area (Å²) in [6.45, 7) is 1.87. The maximum Gasteiger partial charge on any atom is 0.328 e. The zero-order valence-electron chi connectivity index (χ0n) is 14.3. The van der Waals surface area contributed by atoms with Crippen LogP contribution < -0.4 is 10.6 Å². The van der Waals surface area contributed by atoms with Gasteiger partial charge in [-0.2, -0.15) is 0 Å². The number of benzene rings is 1. The topological polar surface area (TPSA) is 76.7 Å². The van der Waals surface area contributed by atoms with E-state index in [9.17, 15) is 9.59 Å². The third kappa shape index (κ3) is 4.55. The standard InChI is InChI=1S/C18H26N2O4/c1-23-13-18(8-10-19-11-9-18)17(22)20-15(16(21)24-2)12-14-6-4-3-5-7-14/h3-7,15,19H,8-13H2,1-2H3,(H,20,22). The van der Waals surface area contributed by atoms with Gasteiger partial charge in [-0.1, -0.05) is 30.3 Å². The molecule has 1 amide bonds. The van der Waals surface area contributed by atoms with Crippen LogP contribution in [0, 0.1) is 5.41 Å². The van der Waals surface area contributed by atoms with Crippen molar-refractivity contribution in [1.29, 1.82) is 0 Å². The van der Waals surface area contributed by atoms with Crippen LogP contribution in [0.1, 0.15) is 18.4 Å². The molecule has 1 aliphatic rings. The van der Waals surface area contributed by atoms with E-state index in [0.717, 1.165) is 18.7 Å². The number of piperidine rings is 1. The van der Waals surface area contributed by atoms with Crippen LogP contribution in [0.3, 0.4) is 0 Å². The minimum atomic E-state index is -0.700. The molecule has 6 heteroatoms. The van der Waals surface area contributed by atoms with Gasteiger partial charge in [0.15, 0.2) is 0 Å². The number of ether oxygens (including phenoxy) is 2. The Morgan fingerprint density at radius 3 is 2.46 bits per heavy atom. The largest absolute Gasteiger partial charge is 0.467 e. The summed E-state index contributed by atoms with van der Waals surface area (Å²) < 4.78 is 10.2. The van der Waals surface area contributed by atoms with Crippen LogP contribution in [-0.2, 0) is 25.5 Å². The number of amides is 1. The molecule has 1 unspecified atom stereocenters. The van der Waals surface area contributed by atoms with Gasteiger partial charge in [0.2, 0.25) is 5.91 Å². The number of esters is 1. The fraction of sp³-hybridized carbons (Fsp3) is 0.556. The molecular weight excluding hydrogens is 308 g/mol. The Kier molecular flexibility index (Phi) is 6.75. The Morgan fingerprint density at radius 2 is 1.88 bits per heavy atom. The van der Waals surface area contributed by atoms with E-state index in [1.54, 1.807) is 7.11 Å². The average molecular weight is 334 g/mol. The van der Waals surface area contributed by atoms with Crippen molar-refractivity contribution in [3.8, 4) is 0 Å². The molecule has 2 rings (SSSR count). The van der Waals surface area contributed by atoms with E-state index in [4.69, 9.17) is 9.47 Å². The molecule has 0 bridgehead atoms. The Morgan fingerprint density at radius 1 is 1.21 bits per heavy atom. The highest BCUT2D eigenvalue weighted by molar-refractivity contribution is 5.88. The van der Waals surface area contributed by atoms with Gasteiger partial charge in [0.1, 0.15) is 6.04 Å². The van der Waals surface area contributed by atoms with Crippen LogP contribution in [0.25, 0.3) is 0 Å². The monoisotopic (exact) mass is 334 g/mol. The molecule has 0 aromatic heterocycles. The number of carbonyl (C=O) groups is 2. The van der Waals surface area contributed by atoms with Crippen LogP contribution in [0.5, 0.6) is 0 Å². The van der Waals surface area contributed by atoms with Crippen molar-refractivity contribution in [2.75, 3.05) is 33.9 Å². The van der Waals surface area contributed by atoms with E-state index in [1.807, 2.05) is 30.3 Å². The fourth-order valence-corrected chi connectivity index (χ4v) is 3.12. The molecule has 1 aliphatic heterocycles. The molecule has 0 spiro atoms. The average Bonchev–Trinajstić information content (AvgIpc) is 2.62. The summed E-state index contributed by atoms with van der Waals surface area (Å²) in [5.74, 6) is -0.578. The SMILES string of the molecule is COCC1(C(=O)NC(Cc2ccccc2)C(=O)OC)CCNCC1. The first-order chi connectivity index (χ1) is 11.6. The predicted octanol–water partition coefficient (Wildman–Crippen LogP) is 0.903. The van der Waals surface area contributed by atoms with Gasteiger partial charge in [0.05, 0.1) is 19.1 Å². The highest BCUT2D eigenvalue weighted by Gasteiger charge is 2.41. The lowest BCUT2D eigenvalue weighted by atomic mass is 9.78. The number of carbonyl (C=O) groups excluding carboxylic acids is 2. The van der Waals surface area contributed by atoms with Crippen molar-refractivity contribution in [3.05, 3.63) is 35.9 Å². The van der Waals surface area contributed by atoms with Crippen LogP contribution in [-0.4, -0.2) is 51.8 Å². The second-order valence-electron chi connectivity index (χ2n) is 6.20. The van der Waals surface area contributed by atoms with Crippen molar-refractivity contribution >= 4 is 11.9 Å². The third-order valence-corrected chi connectivity index (χ3v) is 4.54. The summed E-state index contributed by atoms with van der Waals surface area (Å²) >= 11 is 0. The summed E-state index contributed by atoms with van der Waals surface area (Å²) in [6.07, 6.45) is 1.78. The molecule has 0 radical (unpaired) electrons. The molecule has 0 saturated carbocycles. The molecule has 2 N–H and O–H groups in total. The molecule has 1 heterocycles. The van der Waals surface area contributed by atoms with E-state index in [1.165, 1.54) is 7.11 Å². The molecular formula is C18H26N2O4. The van der Waals surface area contributed by atoms with Crippen LogP contribution in [0.4, 0.5) is 0 Å². The second-order valence-corrected chi connectivity index (χ2v) is 6.20. The summed E-state index contributed by atoms with van der Waals surface area (Å²) in [7, 11) is 2.93. The number of hydrogen-bond donors (Lipinski definition) is 2. The zero-order chi connectivity index (χ0) is 17.4. The Hall–Kier alpha value is -1.92. The van der Waals surface area contributed by atoms with E-state index in [0.29, 0.717) is 25.9 Å². The van der Waals surface area contributed by atoms with Gasteiger partial charge >= 0.3 is 5.97 Å². The van der Waals surface area contributed by atoms with E-state index in [-0.39, 0.29) is 5.91 Å². The third-order valence-electron chi connectivity index (χ3n) is 4.54. The highest BCUT2D eigenvalue weighted by Crippen LogP contribution is 2.29. The highest BCUT2D eigenvalue weighted by atomic mass is 16.5. The van der Waals surface area contributed by atoms with Crippen molar-refractivity contribution in [1.82, 2.24) is 10.6 Å². The normalized spacial score (nSPS) is 17.8. The molecule has 132 valence electrons. The van der Waals surface area contributed by atoms with Gasteiger partial charge in [-0.3, -0.25) is 4.79 Å². The summed E-state index contributed by atoms with van der Waals surface area (Å²) in [5.41, 5.74) is 0.377. The number of methoxy groups -OCH3 is 2. The van der Waals surface area contributed by atoms with Crippen molar-refractivity contribution in [2.24, 2.45) is 5.41 Å². The summed E-state index contributed by atoms with van der Waals surface area (Å²) in [4.78, 5) is 25.0. The predicted molar refractivity (Wildman–Crippen MR) is 90.5 cm³/mol. The summed E-state index contributed by atoms with van der Waals surface area (Å²) in [6, 6.07) is 8.89. The quantitative estimate of drug-likeness (QED) is 0.725. The van der Waals surface area contributed by atoms with Gasteiger partial charge in [0, 0.05) is 13.5 Å². The van der Waals surface area contributed by atoms with Gasteiger partial charge in [-0.15, -0.1) is 0 Å². The van der Waals surface area contributed by atoms with Gasteiger partial charge in [-0.25, -0.2) is 4.79 Å². The molecule has 1 aromatic carbocycles.